The zero-order chi connectivity index (χ0) is 17.6. The van der Waals surface area contributed by atoms with Crippen molar-refractivity contribution in [2.75, 3.05) is 40.4 Å². The van der Waals surface area contributed by atoms with E-state index >= 15 is 0 Å². The monoisotopic (exact) mass is 359 g/mol. The molecule has 0 saturated carbocycles. The zero-order valence-corrected chi connectivity index (χ0v) is 15.7. The lowest BCUT2D eigenvalue weighted by Crippen LogP contribution is -2.31. The fraction of sp³-hybridized carbons (Fsp3) is 0.474. The second kappa shape index (κ2) is 8.56. The predicted molar refractivity (Wildman–Crippen MR) is 100 cm³/mol. The van der Waals surface area contributed by atoms with Crippen LogP contribution in [0.3, 0.4) is 0 Å². The van der Waals surface area contributed by atoms with Gasteiger partial charge in [-0.05, 0) is 13.0 Å². The average molecular weight is 359 g/mol. The van der Waals surface area contributed by atoms with Gasteiger partial charge in [0, 0.05) is 50.7 Å². The normalized spacial score (nSPS) is 17.6. The standard InChI is InChI=1S/C19H25N3O2S/c1-21(11-15-10-18(23)22(12-15)8-9-24-2)13-17-14-25-19(20-17)16-6-4-3-5-7-16/h3-7,14-15H,8-13H2,1-2H3/t15-/m1/s1. The molecule has 0 unspecified atom stereocenters. The first-order valence-electron chi connectivity index (χ1n) is 8.61. The highest BCUT2D eigenvalue weighted by Crippen LogP contribution is 2.24. The van der Waals surface area contributed by atoms with Crippen LogP contribution in [0, 0.1) is 5.92 Å². The molecule has 1 aliphatic heterocycles. The number of carbonyl (C=O) groups is 1. The summed E-state index contributed by atoms with van der Waals surface area (Å²) in [6.07, 6.45) is 0.639. The molecule has 0 bridgehead atoms. The highest BCUT2D eigenvalue weighted by Gasteiger charge is 2.29. The number of benzene rings is 1. The number of methoxy groups -OCH3 is 1. The number of aromatic nitrogens is 1. The zero-order valence-electron chi connectivity index (χ0n) is 14.9. The fourth-order valence-corrected chi connectivity index (χ4v) is 4.09. The number of hydrogen-bond acceptors (Lipinski definition) is 5. The van der Waals surface area contributed by atoms with Crippen LogP contribution >= 0.6 is 11.3 Å². The molecule has 5 nitrogen and oxygen atoms in total. The van der Waals surface area contributed by atoms with Crippen molar-refractivity contribution in [1.29, 1.82) is 0 Å². The summed E-state index contributed by atoms with van der Waals surface area (Å²) in [7, 11) is 3.77. The van der Waals surface area contributed by atoms with Crippen LogP contribution in [-0.4, -0.2) is 61.1 Å². The van der Waals surface area contributed by atoms with E-state index < -0.39 is 0 Å². The van der Waals surface area contributed by atoms with Crippen LogP contribution in [0.1, 0.15) is 12.1 Å². The Morgan fingerprint density at radius 1 is 1.36 bits per heavy atom. The first-order chi connectivity index (χ1) is 12.2. The SMILES string of the molecule is COCCN1C[C@@H](CN(C)Cc2csc(-c3ccccc3)n2)CC1=O. The molecule has 1 fully saturated rings. The number of ether oxygens (including phenoxy) is 1. The van der Waals surface area contributed by atoms with Crippen LogP contribution < -0.4 is 0 Å². The average Bonchev–Trinajstić information content (AvgIpc) is 3.20. The van der Waals surface area contributed by atoms with Gasteiger partial charge in [0.05, 0.1) is 12.3 Å². The van der Waals surface area contributed by atoms with Gasteiger partial charge < -0.3 is 14.5 Å². The maximum absolute atomic E-state index is 12.0. The molecule has 0 N–H and O–H groups in total. The van der Waals surface area contributed by atoms with Crippen molar-refractivity contribution in [3.05, 3.63) is 41.4 Å². The summed E-state index contributed by atoms with van der Waals surface area (Å²) in [5.74, 6) is 0.636. The smallest absolute Gasteiger partial charge is 0.223 e. The van der Waals surface area contributed by atoms with Crippen LogP contribution in [0.2, 0.25) is 0 Å². The number of likely N-dealkylation sites (tertiary alicyclic amines) is 1. The summed E-state index contributed by atoms with van der Waals surface area (Å²) in [6.45, 7) is 3.86. The summed E-state index contributed by atoms with van der Waals surface area (Å²) < 4.78 is 5.07. The minimum Gasteiger partial charge on any atom is -0.383 e. The Balaban J connectivity index is 1.51. The van der Waals surface area contributed by atoms with Crippen molar-refractivity contribution in [1.82, 2.24) is 14.8 Å². The first kappa shape index (κ1) is 18.0. The third-order valence-corrected chi connectivity index (χ3v) is 5.37. The quantitative estimate of drug-likeness (QED) is 0.727. The van der Waals surface area contributed by atoms with E-state index in [0.717, 1.165) is 35.9 Å². The third kappa shape index (κ3) is 4.87. The molecule has 3 rings (SSSR count). The van der Waals surface area contributed by atoms with Crippen LogP contribution in [-0.2, 0) is 16.1 Å². The van der Waals surface area contributed by atoms with Crippen molar-refractivity contribution in [2.45, 2.75) is 13.0 Å². The van der Waals surface area contributed by atoms with E-state index in [1.165, 1.54) is 0 Å². The van der Waals surface area contributed by atoms with Gasteiger partial charge in [-0.25, -0.2) is 4.98 Å². The topological polar surface area (TPSA) is 45.7 Å². The van der Waals surface area contributed by atoms with E-state index in [1.54, 1.807) is 18.4 Å². The first-order valence-corrected chi connectivity index (χ1v) is 9.48. The molecule has 1 atom stereocenters. The molecular formula is C19H25N3O2S. The van der Waals surface area contributed by atoms with Crippen LogP contribution in [0.5, 0.6) is 0 Å². The molecule has 1 aliphatic rings. The van der Waals surface area contributed by atoms with E-state index in [1.807, 2.05) is 23.1 Å². The van der Waals surface area contributed by atoms with Crippen molar-refractivity contribution in [3.63, 3.8) is 0 Å². The van der Waals surface area contributed by atoms with Gasteiger partial charge in [0.2, 0.25) is 5.91 Å². The van der Waals surface area contributed by atoms with Gasteiger partial charge in [-0.3, -0.25) is 4.79 Å². The van der Waals surface area contributed by atoms with Gasteiger partial charge in [0.25, 0.3) is 0 Å². The molecule has 2 aromatic rings. The van der Waals surface area contributed by atoms with Gasteiger partial charge in [0.15, 0.2) is 0 Å². The summed E-state index contributed by atoms with van der Waals surface area (Å²) >= 11 is 1.68. The maximum Gasteiger partial charge on any atom is 0.223 e. The molecule has 1 aromatic carbocycles. The predicted octanol–water partition coefficient (Wildman–Crippen LogP) is 2.74. The van der Waals surface area contributed by atoms with Gasteiger partial charge in [-0.15, -0.1) is 11.3 Å². The van der Waals surface area contributed by atoms with Crippen molar-refractivity contribution >= 4 is 17.2 Å². The maximum atomic E-state index is 12.0. The van der Waals surface area contributed by atoms with Gasteiger partial charge in [-0.1, -0.05) is 30.3 Å². The number of carbonyl (C=O) groups excluding carboxylic acids is 1. The highest BCUT2D eigenvalue weighted by atomic mass is 32.1. The molecule has 2 heterocycles. The largest absolute Gasteiger partial charge is 0.383 e. The molecular weight excluding hydrogens is 334 g/mol. The Kier molecular flexibility index (Phi) is 6.18. The summed E-state index contributed by atoms with van der Waals surface area (Å²) in [5.41, 5.74) is 2.25. The summed E-state index contributed by atoms with van der Waals surface area (Å²) in [6, 6.07) is 10.3. The molecule has 0 radical (unpaired) electrons. The van der Waals surface area contributed by atoms with E-state index in [0.29, 0.717) is 25.5 Å². The van der Waals surface area contributed by atoms with Crippen LogP contribution in [0.15, 0.2) is 35.7 Å². The minimum atomic E-state index is 0.246. The number of thiazole rings is 1. The van der Waals surface area contributed by atoms with Gasteiger partial charge in [0.1, 0.15) is 5.01 Å². The van der Waals surface area contributed by atoms with Gasteiger partial charge in [-0.2, -0.15) is 0 Å². The van der Waals surface area contributed by atoms with Crippen molar-refractivity contribution < 1.29 is 9.53 Å². The highest BCUT2D eigenvalue weighted by molar-refractivity contribution is 7.13. The Bertz CT molecular complexity index is 689. The lowest BCUT2D eigenvalue weighted by molar-refractivity contribution is -0.128. The van der Waals surface area contributed by atoms with E-state index in [-0.39, 0.29) is 5.91 Å². The lowest BCUT2D eigenvalue weighted by Gasteiger charge is -2.20. The second-order valence-electron chi connectivity index (χ2n) is 6.61. The van der Waals surface area contributed by atoms with Gasteiger partial charge >= 0.3 is 0 Å². The molecule has 1 aromatic heterocycles. The molecule has 1 amide bonds. The van der Waals surface area contributed by atoms with Crippen molar-refractivity contribution in [3.8, 4) is 10.6 Å². The Labute approximate surface area is 153 Å². The third-order valence-electron chi connectivity index (χ3n) is 4.43. The second-order valence-corrected chi connectivity index (χ2v) is 7.47. The molecule has 0 spiro atoms. The Morgan fingerprint density at radius 2 is 2.16 bits per heavy atom. The number of nitrogens with zero attached hydrogens (tertiary/aromatic N) is 3. The van der Waals surface area contributed by atoms with E-state index in [4.69, 9.17) is 9.72 Å². The summed E-state index contributed by atoms with van der Waals surface area (Å²) in [5, 5.41) is 3.19. The van der Waals surface area contributed by atoms with Crippen molar-refractivity contribution in [2.24, 2.45) is 5.92 Å². The molecule has 25 heavy (non-hydrogen) atoms. The fourth-order valence-electron chi connectivity index (χ4n) is 3.27. The number of hydrogen-bond donors (Lipinski definition) is 0. The molecule has 1 saturated heterocycles. The van der Waals surface area contributed by atoms with E-state index in [9.17, 15) is 4.79 Å². The van der Waals surface area contributed by atoms with E-state index in [2.05, 4.69) is 29.5 Å². The van der Waals surface area contributed by atoms with Crippen LogP contribution in [0.25, 0.3) is 10.6 Å². The van der Waals surface area contributed by atoms with Crippen LogP contribution in [0.4, 0.5) is 0 Å². The molecule has 0 aliphatic carbocycles. The lowest BCUT2D eigenvalue weighted by atomic mass is 10.1. The Morgan fingerprint density at radius 3 is 2.92 bits per heavy atom. The minimum absolute atomic E-state index is 0.246. The number of rotatable bonds is 8. The summed E-state index contributed by atoms with van der Waals surface area (Å²) in [4.78, 5) is 21.0. The molecule has 134 valence electrons. The Hall–Kier alpha value is -1.76. The molecule has 6 heteroatoms. The number of amides is 1.